The minimum atomic E-state index is 0.0404. The van der Waals surface area contributed by atoms with Gasteiger partial charge < -0.3 is 21.6 Å². The fraction of sp³-hybridized carbons (Fsp3) is 0.118. The van der Waals surface area contributed by atoms with E-state index >= 15 is 0 Å². The molecule has 0 amide bonds. The first kappa shape index (κ1) is 17.6. The van der Waals surface area contributed by atoms with Gasteiger partial charge in [-0.25, -0.2) is 4.99 Å². The van der Waals surface area contributed by atoms with E-state index in [4.69, 9.17) is 27.0 Å². The molecule has 0 saturated heterocycles. The highest BCUT2D eigenvalue weighted by atomic mass is 32.2. The van der Waals surface area contributed by atoms with E-state index in [1.54, 1.807) is 43.5 Å². The molecule has 0 aromatic heterocycles. The Morgan fingerprint density at radius 3 is 2.46 bits per heavy atom. The average Bonchev–Trinajstić information content (AvgIpc) is 2.60. The molecule has 2 aromatic rings. The van der Waals surface area contributed by atoms with Crippen molar-refractivity contribution in [2.24, 2.45) is 10.7 Å². The van der Waals surface area contributed by atoms with Gasteiger partial charge in [-0.15, -0.1) is 0 Å². The van der Waals surface area contributed by atoms with Gasteiger partial charge in [0.25, 0.3) is 0 Å². The highest BCUT2D eigenvalue weighted by Gasteiger charge is 2.08. The Kier molecular flexibility index (Phi) is 5.97. The number of nitrogens with two attached hydrogens (primary N) is 2. The monoisotopic (exact) mass is 341 g/mol. The Labute approximate surface area is 144 Å². The van der Waals surface area contributed by atoms with E-state index < -0.39 is 0 Å². The van der Waals surface area contributed by atoms with Crippen molar-refractivity contribution in [3.8, 4) is 5.75 Å². The number of para-hydroxylation sites is 1. The molecule has 124 valence electrons. The van der Waals surface area contributed by atoms with Crippen LogP contribution in [0.3, 0.4) is 0 Å². The first-order valence-corrected chi connectivity index (χ1v) is 8.12. The maximum Gasteiger partial charge on any atom is 0.182 e. The van der Waals surface area contributed by atoms with Gasteiger partial charge in [-0.05, 0) is 29.8 Å². The molecule has 0 radical (unpaired) electrons. The Hall–Kier alpha value is -2.80. The van der Waals surface area contributed by atoms with Crippen molar-refractivity contribution in [1.29, 1.82) is 10.8 Å². The molecule has 7 heteroatoms. The number of nitrogens with zero attached hydrogens (tertiary/aromatic N) is 1. The van der Waals surface area contributed by atoms with Gasteiger partial charge >= 0.3 is 0 Å². The van der Waals surface area contributed by atoms with Crippen LogP contribution in [0.4, 0.5) is 5.69 Å². The first-order chi connectivity index (χ1) is 11.5. The van der Waals surface area contributed by atoms with E-state index in [1.807, 2.05) is 12.1 Å². The van der Waals surface area contributed by atoms with Crippen molar-refractivity contribution >= 4 is 34.2 Å². The van der Waals surface area contributed by atoms with E-state index in [2.05, 4.69) is 4.99 Å². The third-order valence-electron chi connectivity index (χ3n) is 3.22. The number of amidine groups is 2. The summed E-state index contributed by atoms with van der Waals surface area (Å²) in [6.07, 6.45) is 0. The van der Waals surface area contributed by atoms with Gasteiger partial charge in [0.15, 0.2) is 5.17 Å². The molecule has 0 atom stereocenters. The normalized spacial score (nSPS) is 11.1. The van der Waals surface area contributed by atoms with E-state index in [0.29, 0.717) is 28.5 Å². The van der Waals surface area contributed by atoms with E-state index in [9.17, 15) is 0 Å². The summed E-state index contributed by atoms with van der Waals surface area (Å²) >= 11 is 1.14. The van der Waals surface area contributed by atoms with Crippen molar-refractivity contribution in [2.75, 3.05) is 18.6 Å². The Balaban J connectivity index is 1.99. The molecule has 6 N–H and O–H groups in total. The lowest BCUT2D eigenvalue weighted by atomic mass is 10.1. The lowest BCUT2D eigenvalue weighted by Gasteiger charge is -2.08. The molecule has 24 heavy (non-hydrogen) atoms. The molecule has 0 saturated carbocycles. The van der Waals surface area contributed by atoms with Crippen LogP contribution in [0.2, 0.25) is 0 Å². The summed E-state index contributed by atoms with van der Waals surface area (Å²) in [6, 6.07) is 14.3. The standard InChI is InChI=1S/C17H19N5OS/c1-23-15-5-3-2-4-13(15)16(20)22-17(21)24-10-14(19)11-6-8-12(18)9-7-11/h2-9,19H,10,18H2,1H3,(H3,20,21,22). The SMILES string of the molecule is COc1ccccc1/C(N)=N/C(=N)SCC(=N)c1ccc(N)cc1. The minimum absolute atomic E-state index is 0.0404. The van der Waals surface area contributed by atoms with Crippen LogP contribution in [0.1, 0.15) is 11.1 Å². The van der Waals surface area contributed by atoms with E-state index in [-0.39, 0.29) is 11.0 Å². The Bertz CT molecular complexity index is 771. The van der Waals surface area contributed by atoms with Gasteiger partial charge in [0, 0.05) is 17.2 Å². The molecule has 6 nitrogen and oxygen atoms in total. The zero-order valence-electron chi connectivity index (χ0n) is 13.2. The molecule has 0 aliphatic heterocycles. The number of rotatable bonds is 5. The second-order valence-corrected chi connectivity index (χ2v) is 5.86. The molecular weight excluding hydrogens is 322 g/mol. The zero-order chi connectivity index (χ0) is 17.5. The fourth-order valence-electron chi connectivity index (χ4n) is 1.97. The molecule has 2 aromatic carbocycles. The molecule has 0 fully saturated rings. The number of benzene rings is 2. The summed E-state index contributed by atoms with van der Waals surface area (Å²) < 4.78 is 5.23. The van der Waals surface area contributed by atoms with Crippen molar-refractivity contribution in [2.45, 2.75) is 0 Å². The number of thioether (sulfide) groups is 1. The Morgan fingerprint density at radius 1 is 1.12 bits per heavy atom. The van der Waals surface area contributed by atoms with Crippen molar-refractivity contribution in [3.63, 3.8) is 0 Å². The molecule has 0 unspecified atom stereocenters. The number of hydrogen-bond acceptors (Lipinski definition) is 5. The van der Waals surface area contributed by atoms with Crippen molar-refractivity contribution in [1.82, 2.24) is 0 Å². The van der Waals surface area contributed by atoms with Crippen LogP contribution in [0.25, 0.3) is 0 Å². The van der Waals surface area contributed by atoms with Gasteiger partial charge in [0.1, 0.15) is 11.6 Å². The number of aliphatic imine (C=N–C) groups is 1. The maximum atomic E-state index is 8.05. The largest absolute Gasteiger partial charge is 0.496 e. The van der Waals surface area contributed by atoms with E-state index in [0.717, 1.165) is 17.3 Å². The molecule has 2 rings (SSSR count). The summed E-state index contributed by atoms with van der Waals surface area (Å²) in [5, 5.41) is 16.0. The summed E-state index contributed by atoms with van der Waals surface area (Å²) in [6.45, 7) is 0. The van der Waals surface area contributed by atoms with Crippen LogP contribution < -0.4 is 16.2 Å². The summed E-state index contributed by atoms with van der Waals surface area (Å²) in [7, 11) is 1.56. The number of nitrogens with one attached hydrogen (secondary N) is 2. The molecule has 0 aliphatic rings. The molecule has 0 heterocycles. The number of anilines is 1. The molecule has 0 spiro atoms. The second kappa shape index (κ2) is 8.16. The average molecular weight is 341 g/mol. The van der Waals surface area contributed by atoms with Crippen LogP contribution in [-0.4, -0.2) is 29.6 Å². The van der Waals surface area contributed by atoms with Gasteiger partial charge in [-0.1, -0.05) is 36.0 Å². The number of ether oxygens (including phenoxy) is 1. The highest BCUT2D eigenvalue weighted by Crippen LogP contribution is 2.18. The maximum absolute atomic E-state index is 8.05. The number of methoxy groups -OCH3 is 1. The van der Waals surface area contributed by atoms with E-state index in [1.165, 1.54) is 0 Å². The van der Waals surface area contributed by atoms with Gasteiger partial charge in [0.05, 0.1) is 12.7 Å². The number of nitrogen functional groups attached to an aromatic ring is 1. The van der Waals surface area contributed by atoms with Crippen molar-refractivity contribution < 1.29 is 4.74 Å². The molecular formula is C17H19N5OS. The van der Waals surface area contributed by atoms with Gasteiger partial charge in [0.2, 0.25) is 0 Å². The van der Waals surface area contributed by atoms with Crippen LogP contribution in [0, 0.1) is 10.8 Å². The summed E-state index contributed by atoms with van der Waals surface area (Å²) in [5.74, 6) is 1.14. The summed E-state index contributed by atoms with van der Waals surface area (Å²) in [4.78, 5) is 4.08. The third-order valence-corrected chi connectivity index (χ3v) is 4.02. The van der Waals surface area contributed by atoms with Crippen LogP contribution in [0.15, 0.2) is 53.5 Å². The predicted octanol–water partition coefficient (Wildman–Crippen LogP) is 2.72. The lowest BCUT2D eigenvalue weighted by molar-refractivity contribution is 0.414. The predicted molar refractivity (Wildman–Crippen MR) is 102 cm³/mol. The number of hydrogen-bond donors (Lipinski definition) is 4. The highest BCUT2D eigenvalue weighted by molar-refractivity contribution is 8.14. The van der Waals surface area contributed by atoms with Crippen LogP contribution >= 0.6 is 11.8 Å². The van der Waals surface area contributed by atoms with Crippen molar-refractivity contribution in [3.05, 3.63) is 59.7 Å². The molecule has 0 bridgehead atoms. The quantitative estimate of drug-likeness (QED) is 0.379. The third kappa shape index (κ3) is 4.60. The molecule has 0 aliphatic carbocycles. The lowest BCUT2D eigenvalue weighted by Crippen LogP contribution is -2.16. The minimum Gasteiger partial charge on any atom is -0.496 e. The fourth-order valence-corrected chi connectivity index (χ4v) is 2.58. The Morgan fingerprint density at radius 2 is 1.79 bits per heavy atom. The second-order valence-electron chi connectivity index (χ2n) is 4.89. The van der Waals surface area contributed by atoms with Gasteiger partial charge in [-0.2, -0.15) is 0 Å². The topological polar surface area (TPSA) is 121 Å². The van der Waals surface area contributed by atoms with Crippen LogP contribution in [-0.2, 0) is 0 Å². The first-order valence-electron chi connectivity index (χ1n) is 7.13. The zero-order valence-corrected chi connectivity index (χ0v) is 14.1. The van der Waals surface area contributed by atoms with Crippen LogP contribution in [0.5, 0.6) is 5.75 Å². The summed E-state index contributed by atoms with van der Waals surface area (Å²) in [5.41, 5.74) is 14.0. The van der Waals surface area contributed by atoms with Gasteiger partial charge in [-0.3, -0.25) is 5.41 Å². The smallest absolute Gasteiger partial charge is 0.182 e.